The summed E-state index contributed by atoms with van der Waals surface area (Å²) in [6.07, 6.45) is 11.1. The summed E-state index contributed by atoms with van der Waals surface area (Å²) in [5.41, 5.74) is 1.13. The van der Waals surface area contributed by atoms with Gasteiger partial charge in [0.05, 0.1) is 45.7 Å². The van der Waals surface area contributed by atoms with Crippen LogP contribution in [0.15, 0.2) is 37.5 Å². The summed E-state index contributed by atoms with van der Waals surface area (Å²) in [6.45, 7) is 23.8. The predicted octanol–water partition coefficient (Wildman–Crippen LogP) is 5.88. The van der Waals surface area contributed by atoms with E-state index in [1.165, 1.54) is 6.42 Å². The Morgan fingerprint density at radius 2 is 1.18 bits per heavy atom. The van der Waals surface area contributed by atoms with Crippen molar-refractivity contribution in [3.8, 4) is 0 Å². The van der Waals surface area contributed by atoms with E-state index in [2.05, 4.69) is 40.5 Å². The van der Waals surface area contributed by atoms with Crippen molar-refractivity contribution in [1.29, 1.82) is 0 Å². The molecule has 0 aliphatic rings. The molecule has 0 saturated carbocycles. The molecule has 0 amide bonds. The minimum absolute atomic E-state index is 0.287. The second-order valence-electron chi connectivity index (χ2n) is 8.20. The fourth-order valence-electron chi connectivity index (χ4n) is 2.20. The van der Waals surface area contributed by atoms with Crippen molar-refractivity contribution in [2.24, 2.45) is 0 Å². The molecule has 0 heterocycles. The molecule has 0 rings (SSSR count). The van der Waals surface area contributed by atoms with Crippen molar-refractivity contribution in [3.05, 3.63) is 37.5 Å². The van der Waals surface area contributed by atoms with Crippen LogP contribution in [-0.4, -0.2) is 75.3 Å². The number of ether oxygens (including phenoxy) is 4. The lowest BCUT2D eigenvalue weighted by molar-refractivity contribution is -0.0134. The summed E-state index contributed by atoms with van der Waals surface area (Å²) in [7, 11) is 0. The van der Waals surface area contributed by atoms with Crippen molar-refractivity contribution in [2.75, 3.05) is 52.9 Å². The minimum Gasteiger partial charge on any atom is -0.391 e. The monoisotopic (exact) mass is 488 g/mol. The number of hydrogen-bond acceptors (Lipinski definition) is 6. The van der Waals surface area contributed by atoms with Crippen LogP contribution in [-0.2, 0) is 18.9 Å². The van der Waals surface area contributed by atoms with E-state index >= 15 is 0 Å². The maximum atomic E-state index is 9.40. The normalized spacial score (nSPS) is 11.9. The van der Waals surface area contributed by atoms with Gasteiger partial charge in [-0.15, -0.1) is 19.7 Å². The highest BCUT2D eigenvalue weighted by Crippen LogP contribution is 2.02. The van der Waals surface area contributed by atoms with Crippen LogP contribution in [0.4, 0.5) is 0 Å². The fraction of sp³-hybridized carbons (Fsp3) is 0.786. The average molecular weight is 489 g/mol. The molecule has 0 spiro atoms. The molecule has 6 heteroatoms. The fourth-order valence-corrected chi connectivity index (χ4v) is 2.20. The first-order valence-corrected chi connectivity index (χ1v) is 12.9. The van der Waals surface area contributed by atoms with Gasteiger partial charge in [0.25, 0.3) is 0 Å². The number of unbranched alkanes of at least 4 members (excludes halogenated alkanes) is 3. The first-order valence-electron chi connectivity index (χ1n) is 12.9. The maximum Gasteiger partial charge on any atom is 0.101 e. The lowest BCUT2D eigenvalue weighted by atomic mass is 10.2. The van der Waals surface area contributed by atoms with Gasteiger partial charge in [0.2, 0.25) is 0 Å². The molecule has 2 unspecified atom stereocenters. The molecule has 2 N–H and O–H groups in total. The summed E-state index contributed by atoms with van der Waals surface area (Å²) >= 11 is 0. The molecule has 34 heavy (non-hydrogen) atoms. The Bertz CT molecular complexity index is 414. The van der Waals surface area contributed by atoms with Gasteiger partial charge in [0, 0.05) is 13.2 Å². The molecule has 0 aliphatic heterocycles. The van der Waals surface area contributed by atoms with Gasteiger partial charge in [-0.05, 0) is 32.6 Å². The van der Waals surface area contributed by atoms with E-state index < -0.39 is 6.10 Å². The highest BCUT2D eigenvalue weighted by Gasteiger charge is 2.03. The lowest BCUT2D eigenvalue weighted by Crippen LogP contribution is -2.22. The molecule has 0 aromatic rings. The van der Waals surface area contributed by atoms with Crippen molar-refractivity contribution >= 4 is 0 Å². The summed E-state index contributed by atoms with van der Waals surface area (Å²) in [6, 6.07) is 0. The van der Waals surface area contributed by atoms with Crippen LogP contribution in [0.5, 0.6) is 0 Å². The predicted molar refractivity (Wildman–Crippen MR) is 144 cm³/mol. The third-order valence-corrected chi connectivity index (χ3v) is 4.25. The molecule has 0 aromatic carbocycles. The van der Waals surface area contributed by atoms with Crippen molar-refractivity contribution in [3.63, 3.8) is 0 Å². The molecular formula is C28H56O6. The van der Waals surface area contributed by atoms with Crippen molar-refractivity contribution < 1.29 is 29.2 Å². The Hall–Kier alpha value is -1.02. The van der Waals surface area contributed by atoms with Crippen LogP contribution in [0.2, 0.25) is 0 Å². The summed E-state index contributed by atoms with van der Waals surface area (Å²) < 4.78 is 20.7. The Labute approximate surface area is 211 Å². The second-order valence-corrected chi connectivity index (χ2v) is 8.20. The topological polar surface area (TPSA) is 77.4 Å². The molecular weight excluding hydrogens is 432 g/mol. The van der Waals surface area contributed by atoms with Crippen LogP contribution >= 0.6 is 0 Å². The third kappa shape index (κ3) is 41.3. The Morgan fingerprint density at radius 3 is 1.71 bits per heavy atom. The zero-order valence-corrected chi connectivity index (χ0v) is 22.8. The van der Waals surface area contributed by atoms with Crippen molar-refractivity contribution in [2.45, 2.75) is 91.3 Å². The zero-order valence-electron chi connectivity index (χ0n) is 22.8. The molecule has 2 atom stereocenters. The SMILES string of the molecule is C=C(C)CCOCC(O)CCCC.C=CCOCC(O)COCCCC.C=CCOCCCC. The molecule has 204 valence electrons. The molecule has 0 aliphatic carbocycles. The summed E-state index contributed by atoms with van der Waals surface area (Å²) in [4.78, 5) is 0. The highest BCUT2D eigenvalue weighted by molar-refractivity contribution is 4.87. The number of hydrogen-bond donors (Lipinski definition) is 2. The number of aliphatic hydroxyl groups is 2. The highest BCUT2D eigenvalue weighted by atomic mass is 16.5. The molecule has 0 saturated heterocycles. The Balaban J connectivity index is -0.000000438. The van der Waals surface area contributed by atoms with Crippen molar-refractivity contribution in [1.82, 2.24) is 0 Å². The van der Waals surface area contributed by atoms with Crippen LogP contribution in [0.1, 0.15) is 79.1 Å². The molecule has 6 nitrogen and oxygen atoms in total. The van der Waals surface area contributed by atoms with Gasteiger partial charge in [-0.3, -0.25) is 0 Å². The van der Waals surface area contributed by atoms with Gasteiger partial charge in [-0.1, -0.05) is 64.2 Å². The quantitative estimate of drug-likeness (QED) is 0.146. The van der Waals surface area contributed by atoms with E-state index in [0.717, 1.165) is 63.7 Å². The minimum atomic E-state index is -0.517. The molecule has 0 fully saturated rings. The Kier molecular flexibility index (Phi) is 37.7. The van der Waals surface area contributed by atoms with Gasteiger partial charge >= 0.3 is 0 Å². The van der Waals surface area contributed by atoms with Crippen LogP contribution in [0.3, 0.4) is 0 Å². The zero-order chi connectivity index (χ0) is 26.3. The van der Waals surface area contributed by atoms with Crippen LogP contribution in [0, 0.1) is 0 Å². The van der Waals surface area contributed by atoms with Gasteiger partial charge in [0.1, 0.15) is 6.10 Å². The smallest absolute Gasteiger partial charge is 0.101 e. The molecule has 0 bridgehead atoms. The van der Waals surface area contributed by atoms with Gasteiger partial charge in [0.15, 0.2) is 0 Å². The van der Waals surface area contributed by atoms with E-state index in [0.29, 0.717) is 39.6 Å². The van der Waals surface area contributed by atoms with E-state index in [1.807, 2.05) is 6.92 Å². The largest absolute Gasteiger partial charge is 0.391 e. The standard InChI is InChI=1S/C11H22O2.C10H20O3.C7H14O/c1-4-5-6-11(12)9-13-8-7-10(2)3;1-3-5-7-13-9-10(11)8-12-6-4-2;1-3-5-7-8-6-4-2/h11-12H,2,4-9H2,1,3H3;4,10-11H,2-3,5-9H2,1H3;4H,2-3,5-7H2,1H3. The van der Waals surface area contributed by atoms with E-state index in [9.17, 15) is 10.2 Å². The van der Waals surface area contributed by atoms with Gasteiger partial charge in [-0.25, -0.2) is 0 Å². The molecule has 0 radical (unpaired) electrons. The summed E-state index contributed by atoms with van der Waals surface area (Å²) in [5, 5.41) is 18.7. The first-order chi connectivity index (χ1) is 16.4. The molecule has 0 aromatic heterocycles. The Morgan fingerprint density at radius 1 is 0.706 bits per heavy atom. The van der Waals surface area contributed by atoms with Crippen LogP contribution in [0.25, 0.3) is 0 Å². The average Bonchev–Trinajstić information content (AvgIpc) is 2.82. The van der Waals surface area contributed by atoms with Gasteiger partial charge in [-0.2, -0.15) is 0 Å². The lowest BCUT2D eigenvalue weighted by Gasteiger charge is -2.10. The second kappa shape index (κ2) is 34.1. The van der Waals surface area contributed by atoms with E-state index in [-0.39, 0.29) is 6.10 Å². The third-order valence-electron chi connectivity index (χ3n) is 4.25. The van der Waals surface area contributed by atoms with Gasteiger partial charge < -0.3 is 29.2 Å². The number of rotatable bonds is 22. The van der Waals surface area contributed by atoms with E-state index in [4.69, 9.17) is 18.9 Å². The number of aliphatic hydroxyl groups excluding tert-OH is 2. The van der Waals surface area contributed by atoms with E-state index in [1.54, 1.807) is 12.2 Å². The maximum absolute atomic E-state index is 9.40. The summed E-state index contributed by atoms with van der Waals surface area (Å²) in [5.74, 6) is 0. The first kappa shape index (κ1) is 37.5. The van der Waals surface area contributed by atoms with Crippen LogP contribution < -0.4 is 0 Å².